The summed E-state index contributed by atoms with van der Waals surface area (Å²) in [5.41, 5.74) is 0. The number of benzene rings is 1. The van der Waals surface area contributed by atoms with Gasteiger partial charge in [-0.3, -0.25) is 4.90 Å². The second-order valence-electron chi connectivity index (χ2n) is 5.95. The van der Waals surface area contributed by atoms with Crippen LogP contribution in [-0.2, 0) is 0 Å². The number of ether oxygens (including phenoxy) is 2. The van der Waals surface area contributed by atoms with Crippen LogP contribution < -0.4 is 9.47 Å². The third-order valence-corrected chi connectivity index (χ3v) is 3.52. The highest BCUT2D eigenvalue weighted by atomic mass is 16.5. The molecular formula is C18H31NO2. The number of rotatable bonds is 10. The van der Waals surface area contributed by atoms with Gasteiger partial charge >= 0.3 is 0 Å². The molecule has 0 spiro atoms. The third-order valence-electron chi connectivity index (χ3n) is 3.52. The van der Waals surface area contributed by atoms with Gasteiger partial charge in [0.25, 0.3) is 0 Å². The van der Waals surface area contributed by atoms with E-state index in [4.69, 9.17) is 9.47 Å². The van der Waals surface area contributed by atoms with Crippen LogP contribution in [0.5, 0.6) is 11.5 Å². The summed E-state index contributed by atoms with van der Waals surface area (Å²) in [5.74, 6) is 1.78. The lowest BCUT2D eigenvalue weighted by Crippen LogP contribution is -2.39. The van der Waals surface area contributed by atoms with Crippen LogP contribution in [0, 0.1) is 0 Å². The normalized spacial score (nSPS) is 11.4. The molecule has 21 heavy (non-hydrogen) atoms. The molecule has 0 saturated heterocycles. The molecule has 1 rings (SSSR count). The zero-order chi connectivity index (χ0) is 15.7. The molecule has 0 aliphatic heterocycles. The maximum absolute atomic E-state index is 5.86. The van der Waals surface area contributed by atoms with E-state index in [1.807, 2.05) is 24.3 Å². The average Bonchev–Trinajstić information content (AvgIpc) is 2.43. The Hall–Kier alpha value is -1.22. The summed E-state index contributed by atoms with van der Waals surface area (Å²) in [4.78, 5) is 2.43. The van der Waals surface area contributed by atoms with Crippen LogP contribution in [0.15, 0.2) is 24.3 Å². The molecule has 0 saturated carbocycles. The second kappa shape index (κ2) is 9.67. The van der Waals surface area contributed by atoms with Crippen LogP contribution in [0.1, 0.15) is 47.5 Å². The monoisotopic (exact) mass is 293 g/mol. The summed E-state index contributed by atoms with van der Waals surface area (Å²) >= 11 is 0. The van der Waals surface area contributed by atoms with Crippen molar-refractivity contribution in [1.82, 2.24) is 4.90 Å². The molecule has 0 radical (unpaired) electrons. The summed E-state index contributed by atoms with van der Waals surface area (Å²) in [5, 5.41) is 0. The lowest BCUT2D eigenvalue weighted by Gasteiger charge is -2.30. The van der Waals surface area contributed by atoms with E-state index in [0.717, 1.165) is 37.5 Å². The number of hydrogen-bond donors (Lipinski definition) is 0. The lowest BCUT2D eigenvalue weighted by atomic mass is 10.2. The fourth-order valence-electron chi connectivity index (χ4n) is 2.37. The van der Waals surface area contributed by atoms with Crippen molar-refractivity contribution in [2.45, 2.75) is 59.5 Å². The van der Waals surface area contributed by atoms with Crippen LogP contribution in [0.3, 0.4) is 0 Å². The van der Waals surface area contributed by atoms with E-state index in [1.54, 1.807) is 0 Å². The van der Waals surface area contributed by atoms with Gasteiger partial charge < -0.3 is 9.47 Å². The third kappa shape index (κ3) is 6.85. The van der Waals surface area contributed by atoms with Gasteiger partial charge in [0.15, 0.2) is 0 Å². The molecule has 0 bridgehead atoms. The van der Waals surface area contributed by atoms with Crippen molar-refractivity contribution in [2.75, 3.05) is 19.8 Å². The molecule has 0 atom stereocenters. The van der Waals surface area contributed by atoms with Gasteiger partial charge in [-0.25, -0.2) is 0 Å². The molecule has 0 aliphatic rings. The van der Waals surface area contributed by atoms with Gasteiger partial charge in [0.2, 0.25) is 0 Å². The Morgan fingerprint density at radius 3 is 2.05 bits per heavy atom. The summed E-state index contributed by atoms with van der Waals surface area (Å²) in [6.07, 6.45) is 2.24. The quantitative estimate of drug-likeness (QED) is 0.598. The van der Waals surface area contributed by atoms with E-state index in [9.17, 15) is 0 Å². The van der Waals surface area contributed by atoms with Gasteiger partial charge in [-0.1, -0.05) is 19.4 Å². The van der Waals surface area contributed by atoms with Crippen molar-refractivity contribution < 1.29 is 9.47 Å². The molecular weight excluding hydrogens is 262 g/mol. The summed E-state index contributed by atoms with van der Waals surface area (Å²) < 4.78 is 11.6. The first-order valence-corrected chi connectivity index (χ1v) is 8.16. The molecule has 1 aromatic rings. The Labute approximate surface area is 130 Å². The van der Waals surface area contributed by atoms with Crippen LogP contribution in [0.2, 0.25) is 0 Å². The Kier molecular flexibility index (Phi) is 8.21. The Morgan fingerprint density at radius 1 is 0.952 bits per heavy atom. The zero-order valence-electron chi connectivity index (χ0n) is 14.3. The van der Waals surface area contributed by atoms with E-state index in [0.29, 0.717) is 18.7 Å². The van der Waals surface area contributed by atoms with E-state index < -0.39 is 0 Å². The Morgan fingerprint density at radius 2 is 1.52 bits per heavy atom. The fourth-order valence-corrected chi connectivity index (χ4v) is 2.37. The molecule has 0 aromatic heterocycles. The van der Waals surface area contributed by atoms with Crippen LogP contribution in [-0.4, -0.2) is 36.7 Å². The van der Waals surface area contributed by atoms with Crippen molar-refractivity contribution in [3.05, 3.63) is 24.3 Å². The molecule has 1 aromatic carbocycles. The van der Waals surface area contributed by atoms with Gasteiger partial charge in [-0.05, 0) is 46.2 Å². The first kappa shape index (κ1) is 17.8. The smallest absolute Gasteiger partial charge is 0.123 e. The highest BCUT2D eigenvalue weighted by Crippen LogP contribution is 2.19. The number of hydrogen-bond acceptors (Lipinski definition) is 3. The maximum Gasteiger partial charge on any atom is 0.123 e. The molecule has 3 nitrogen and oxygen atoms in total. The molecule has 0 N–H and O–H groups in total. The van der Waals surface area contributed by atoms with Gasteiger partial charge in [-0.2, -0.15) is 0 Å². The predicted molar refractivity (Wildman–Crippen MR) is 89.3 cm³/mol. The molecule has 0 fully saturated rings. The SMILES string of the molecule is CCCCOc1cccc(OCCN(C(C)C)C(C)C)c1. The molecule has 0 unspecified atom stereocenters. The van der Waals surface area contributed by atoms with E-state index in [-0.39, 0.29) is 0 Å². The van der Waals surface area contributed by atoms with Gasteiger partial charge in [0.1, 0.15) is 18.1 Å². The van der Waals surface area contributed by atoms with Crippen LogP contribution in [0.4, 0.5) is 0 Å². The van der Waals surface area contributed by atoms with E-state index in [2.05, 4.69) is 39.5 Å². The standard InChI is InChI=1S/C18H31NO2/c1-6-7-12-20-17-9-8-10-18(14-17)21-13-11-19(15(2)3)16(4)5/h8-10,14-16H,6-7,11-13H2,1-5H3. The summed E-state index contributed by atoms with van der Waals surface area (Å²) in [6, 6.07) is 9.01. The van der Waals surface area contributed by atoms with Gasteiger partial charge in [0, 0.05) is 24.7 Å². The second-order valence-corrected chi connectivity index (χ2v) is 5.95. The molecule has 120 valence electrons. The first-order chi connectivity index (χ1) is 10.0. The highest BCUT2D eigenvalue weighted by Gasteiger charge is 2.12. The minimum absolute atomic E-state index is 0.539. The summed E-state index contributed by atoms with van der Waals surface area (Å²) in [6.45, 7) is 13.5. The van der Waals surface area contributed by atoms with Crippen molar-refractivity contribution >= 4 is 0 Å². The van der Waals surface area contributed by atoms with Crippen molar-refractivity contribution in [3.63, 3.8) is 0 Å². The highest BCUT2D eigenvalue weighted by molar-refractivity contribution is 5.32. The van der Waals surface area contributed by atoms with Crippen LogP contribution in [0.25, 0.3) is 0 Å². The fraction of sp³-hybridized carbons (Fsp3) is 0.667. The van der Waals surface area contributed by atoms with Crippen molar-refractivity contribution in [1.29, 1.82) is 0 Å². The largest absolute Gasteiger partial charge is 0.493 e. The lowest BCUT2D eigenvalue weighted by molar-refractivity contribution is 0.142. The Balaban J connectivity index is 2.42. The van der Waals surface area contributed by atoms with Gasteiger partial charge in [-0.15, -0.1) is 0 Å². The first-order valence-electron chi connectivity index (χ1n) is 8.16. The molecule has 0 aliphatic carbocycles. The van der Waals surface area contributed by atoms with E-state index in [1.165, 1.54) is 0 Å². The molecule has 0 heterocycles. The zero-order valence-corrected chi connectivity index (χ0v) is 14.3. The van der Waals surface area contributed by atoms with Crippen molar-refractivity contribution in [2.24, 2.45) is 0 Å². The van der Waals surface area contributed by atoms with Crippen LogP contribution >= 0.6 is 0 Å². The molecule has 0 amide bonds. The Bertz CT molecular complexity index is 383. The van der Waals surface area contributed by atoms with Gasteiger partial charge in [0.05, 0.1) is 6.61 Å². The number of nitrogens with zero attached hydrogens (tertiary/aromatic N) is 1. The summed E-state index contributed by atoms with van der Waals surface area (Å²) in [7, 11) is 0. The minimum atomic E-state index is 0.539. The molecule has 3 heteroatoms. The predicted octanol–water partition coefficient (Wildman–Crippen LogP) is 4.36. The average molecular weight is 293 g/mol. The van der Waals surface area contributed by atoms with Crippen molar-refractivity contribution in [3.8, 4) is 11.5 Å². The number of unbranched alkanes of at least 4 members (excludes halogenated alkanes) is 1. The minimum Gasteiger partial charge on any atom is -0.493 e. The maximum atomic E-state index is 5.86. The topological polar surface area (TPSA) is 21.7 Å². The van der Waals surface area contributed by atoms with E-state index >= 15 is 0 Å².